The van der Waals surface area contributed by atoms with Crippen LogP contribution in [0.1, 0.15) is 17.2 Å². The second kappa shape index (κ2) is 10.2. The SMILES string of the molecule is FC1=C(F)C(OB(Oc2cc(F)cc(F)c2F)c2c(F)c(F)c(F)c3c(F)c(F)c(F)c(F)c23)c2ccc(F)c(F)c21. The van der Waals surface area contributed by atoms with Crippen LogP contribution in [0.15, 0.2) is 30.1 Å². The first kappa shape index (κ1) is 29.2. The van der Waals surface area contributed by atoms with Crippen LogP contribution in [-0.4, -0.2) is 7.12 Å². The Labute approximate surface area is 223 Å². The second-order valence-electron chi connectivity index (χ2n) is 8.51. The Bertz CT molecular complexity index is 1850. The van der Waals surface area contributed by atoms with Crippen molar-refractivity contribution < 1.29 is 70.8 Å². The summed E-state index contributed by atoms with van der Waals surface area (Å²) in [5, 5.41) is -4.15. The Hall–Kier alpha value is -4.28. The highest BCUT2D eigenvalue weighted by atomic mass is 19.2. The van der Waals surface area contributed by atoms with E-state index in [4.69, 9.17) is 9.31 Å². The highest BCUT2D eigenvalue weighted by Gasteiger charge is 2.45. The summed E-state index contributed by atoms with van der Waals surface area (Å²) in [7, 11) is -3.26. The van der Waals surface area contributed by atoms with Gasteiger partial charge >= 0.3 is 7.12 Å². The summed E-state index contributed by atoms with van der Waals surface area (Å²) in [4.78, 5) is 0. The topological polar surface area (TPSA) is 18.5 Å². The molecule has 42 heavy (non-hydrogen) atoms. The lowest BCUT2D eigenvalue weighted by molar-refractivity contribution is 0.187. The second-order valence-corrected chi connectivity index (χ2v) is 8.51. The van der Waals surface area contributed by atoms with Gasteiger partial charge in [-0.1, -0.05) is 6.07 Å². The van der Waals surface area contributed by atoms with Crippen LogP contribution in [-0.2, 0) is 4.65 Å². The minimum atomic E-state index is -3.26. The molecule has 1 unspecified atom stereocenters. The molecule has 0 aromatic heterocycles. The van der Waals surface area contributed by atoms with E-state index < -0.39 is 128 Å². The van der Waals surface area contributed by atoms with E-state index in [2.05, 4.69) is 0 Å². The minimum Gasteiger partial charge on any atom is -0.530 e. The van der Waals surface area contributed by atoms with Gasteiger partial charge in [-0.2, -0.15) is 4.39 Å². The van der Waals surface area contributed by atoms with Crippen LogP contribution in [0.5, 0.6) is 5.75 Å². The molecule has 17 heteroatoms. The van der Waals surface area contributed by atoms with E-state index in [1.54, 1.807) is 0 Å². The van der Waals surface area contributed by atoms with Gasteiger partial charge in [0.15, 0.2) is 75.6 Å². The third-order valence-electron chi connectivity index (χ3n) is 6.14. The Balaban J connectivity index is 1.82. The zero-order valence-electron chi connectivity index (χ0n) is 19.6. The molecule has 0 radical (unpaired) electrons. The van der Waals surface area contributed by atoms with Gasteiger partial charge in [-0.05, 0) is 11.6 Å². The van der Waals surface area contributed by atoms with Crippen molar-refractivity contribution in [2.45, 2.75) is 6.10 Å². The summed E-state index contributed by atoms with van der Waals surface area (Å²) < 4.78 is 211. The van der Waals surface area contributed by atoms with Crippen molar-refractivity contribution in [3.8, 4) is 5.75 Å². The number of halogens is 14. The van der Waals surface area contributed by atoms with Crippen molar-refractivity contribution in [2.75, 3.05) is 0 Å². The van der Waals surface area contributed by atoms with E-state index in [0.717, 1.165) is 0 Å². The Morgan fingerprint density at radius 2 is 1.12 bits per heavy atom. The fraction of sp³-hybridized carbons (Fsp3) is 0.0400. The number of benzene rings is 4. The van der Waals surface area contributed by atoms with Crippen LogP contribution in [0.2, 0.25) is 0 Å². The van der Waals surface area contributed by atoms with E-state index in [-0.39, 0.29) is 12.1 Å². The molecule has 0 fully saturated rings. The molecule has 0 aliphatic heterocycles. The molecule has 0 amide bonds. The first-order chi connectivity index (χ1) is 19.7. The van der Waals surface area contributed by atoms with Gasteiger partial charge < -0.3 is 9.31 Å². The zero-order valence-corrected chi connectivity index (χ0v) is 19.6. The lowest BCUT2D eigenvalue weighted by Crippen LogP contribution is -2.45. The largest absolute Gasteiger partial charge is 0.567 e. The van der Waals surface area contributed by atoms with Gasteiger partial charge in [0.1, 0.15) is 17.7 Å². The molecular weight excluding hydrogens is 609 g/mol. The third kappa shape index (κ3) is 4.25. The molecule has 2 nitrogen and oxygen atoms in total. The number of hydrogen-bond donors (Lipinski definition) is 0. The van der Waals surface area contributed by atoms with Gasteiger partial charge in [-0.15, -0.1) is 0 Å². The fourth-order valence-corrected chi connectivity index (χ4v) is 4.27. The summed E-state index contributed by atoms with van der Waals surface area (Å²) in [6.45, 7) is 0. The van der Waals surface area contributed by atoms with Crippen LogP contribution in [0.25, 0.3) is 16.6 Å². The van der Waals surface area contributed by atoms with Crippen LogP contribution >= 0.6 is 0 Å². The standard InChI is InChI=1S/C25H5BF14O2/c27-5-3-8(29)14(30)9(4-5)41-26(42-25-6-1-2-7(28)15(31)10(6)16(32)24(25)40)13-11-12(18(34)21(37)20(13)36)19(35)23(39)22(38)17(11)33/h1-4,25H. The van der Waals surface area contributed by atoms with Crippen molar-refractivity contribution in [1.29, 1.82) is 0 Å². The van der Waals surface area contributed by atoms with Gasteiger partial charge in [-0.25, -0.2) is 57.1 Å². The van der Waals surface area contributed by atoms with Crippen LogP contribution in [0.4, 0.5) is 61.5 Å². The smallest absolute Gasteiger partial charge is 0.530 e. The molecule has 0 saturated heterocycles. The molecule has 0 saturated carbocycles. The van der Waals surface area contributed by atoms with E-state index in [0.29, 0.717) is 12.1 Å². The quantitative estimate of drug-likeness (QED) is 0.0996. The van der Waals surface area contributed by atoms with Crippen LogP contribution in [0.3, 0.4) is 0 Å². The van der Waals surface area contributed by atoms with Crippen molar-refractivity contribution in [3.63, 3.8) is 0 Å². The van der Waals surface area contributed by atoms with Crippen molar-refractivity contribution >= 4 is 29.2 Å². The molecule has 4 aromatic rings. The average Bonchev–Trinajstić information content (AvgIpc) is 3.18. The van der Waals surface area contributed by atoms with Crippen molar-refractivity contribution in [3.05, 3.63) is 111 Å². The molecule has 1 aliphatic rings. The molecule has 1 aliphatic carbocycles. The monoisotopic (exact) mass is 614 g/mol. The van der Waals surface area contributed by atoms with E-state index in [1.807, 2.05) is 0 Å². The molecule has 0 N–H and O–H groups in total. The Morgan fingerprint density at radius 1 is 0.548 bits per heavy atom. The summed E-state index contributed by atoms with van der Waals surface area (Å²) in [5.74, 6) is -34.1. The molecule has 0 bridgehead atoms. The molecule has 218 valence electrons. The van der Waals surface area contributed by atoms with Crippen molar-refractivity contribution in [1.82, 2.24) is 0 Å². The Kier molecular flexibility index (Phi) is 7.11. The van der Waals surface area contributed by atoms with Gasteiger partial charge in [0, 0.05) is 23.0 Å². The normalized spacial score (nSPS) is 14.7. The molecule has 0 spiro atoms. The van der Waals surface area contributed by atoms with Crippen LogP contribution < -0.4 is 10.1 Å². The number of fused-ring (bicyclic) bond motifs is 2. The predicted octanol–water partition coefficient (Wildman–Crippen LogP) is 7.66. The first-order valence-corrected chi connectivity index (χ1v) is 11.0. The molecule has 0 heterocycles. The van der Waals surface area contributed by atoms with E-state index in [9.17, 15) is 57.1 Å². The lowest BCUT2D eigenvalue weighted by atomic mass is 9.74. The minimum absolute atomic E-state index is 0.0103. The van der Waals surface area contributed by atoms with Gasteiger partial charge in [-0.3, -0.25) is 0 Å². The lowest BCUT2D eigenvalue weighted by Gasteiger charge is -2.23. The maximum atomic E-state index is 15.2. The molecule has 5 rings (SSSR count). The zero-order chi connectivity index (χ0) is 30.9. The van der Waals surface area contributed by atoms with Gasteiger partial charge in [0.05, 0.1) is 10.9 Å². The van der Waals surface area contributed by atoms with Gasteiger partial charge in [0.2, 0.25) is 0 Å². The van der Waals surface area contributed by atoms with E-state index >= 15 is 4.39 Å². The average molecular weight is 614 g/mol. The van der Waals surface area contributed by atoms with E-state index in [1.165, 1.54) is 0 Å². The van der Waals surface area contributed by atoms with Crippen LogP contribution in [0, 0.1) is 69.8 Å². The molecule has 4 aromatic carbocycles. The van der Waals surface area contributed by atoms with Gasteiger partial charge in [0.25, 0.3) is 0 Å². The third-order valence-corrected chi connectivity index (χ3v) is 6.14. The maximum Gasteiger partial charge on any atom is 0.567 e. The summed E-state index contributed by atoms with van der Waals surface area (Å²) in [6.07, 6.45) is -2.71. The highest BCUT2D eigenvalue weighted by molar-refractivity contribution is 6.65. The first-order valence-electron chi connectivity index (χ1n) is 11.0. The Morgan fingerprint density at radius 3 is 1.74 bits per heavy atom. The highest BCUT2D eigenvalue weighted by Crippen LogP contribution is 2.46. The molecular formula is C25H5BF14O2. The maximum absolute atomic E-state index is 15.2. The summed E-state index contributed by atoms with van der Waals surface area (Å²) >= 11 is 0. The predicted molar refractivity (Wildman–Crippen MR) is 115 cm³/mol. The molecule has 1 atom stereocenters. The number of rotatable bonds is 5. The summed E-state index contributed by atoms with van der Waals surface area (Å²) in [5.41, 5.74) is -4.40. The van der Waals surface area contributed by atoms with Crippen molar-refractivity contribution in [2.24, 2.45) is 0 Å². The summed E-state index contributed by atoms with van der Waals surface area (Å²) in [6, 6.07) is 0.769. The number of hydrogen-bond acceptors (Lipinski definition) is 2. The fourth-order valence-electron chi connectivity index (χ4n) is 4.27.